The van der Waals surface area contributed by atoms with Crippen molar-refractivity contribution in [3.05, 3.63) is 18.2 Å². The summed E-state index contributed by atoms with van der Waals surface area (Å²) in [6, 6.07) is 4.70. The van der Waals surface area contributed by atoms with Gasteiger partial charge in [0, 0.05) is 57.5 Å². The lowest BCUT2D eigenvalue weighted by molar-refractivity contribution is -0.130. The molecule has 32 heavy (non-hydrogen) atoms. The Balaban J connectivity index is 1.27. The monoisotopic (exact) mass is 465 g/mol. The predicted octanol–water partition coefficient (Wildman–Crippen LogP) is 1.38. The van der Waals surface area contributed by atoms with Crippen LogP contribution in [0.5, 0.6) is 11.5 Å². The van der Waals surface area contributed by atoms with Crippen LogP contribution in [0, 0.1) is 5.92 Å². The first-order valence-corrected chi connectivity index (χ1v) is 12.8. The number of sulfonamides is 1. The number of nitrogens with zero attached hydrogens (tertiary/aromatic N) is 2. The average molecular weight is 466 g/mol. The number of fused-ring (bicyclic) bond motifs is 1. The second kappa shape index (κ2) is 10.1. The van der Waals surface area contributed by atoms with Crippen molar-refractivity contribution >= 4 is 21.8 Å². The second-order valence-corrected chi connectivity index (χ2v) is 10.4. The number of benzene rings is 1. The van der Waals surface area contributed by atoms with Gasteiger partial charge in [-0.25, -0.2) is 8.42 Å². The van der Waals surface area contributed by atoms with E-state index >= 15 is 0 Å². The Hall–Kier alpha value is -2.33. The standard InChI is InChI=1S/C22H31N3O6S/c26-21(24-10-1-2-11-24)6-9-23-22(27)17-7-12-25(13-8-17)32(28,29)18-4-5-19-20(16-18)31-15-3-14-30-19/h4-5,16-17H,1-3,6-15H2,(H,23,27). The summed E-state index contributed by atoms with van der Waals surface area (Å²) in [4.78, 5) is 26.6. The molecule has 176 valence electrons. The molecule has 2 saturated heterocycles. The Labute approximate surface area is 189 Å². The lowest BCUT2D eigenvalue weighted by Crippen LogP contribution is -2.43. The smallest absolute Gasteiger partial charge is 0.243 e. The fourth-order valence-corrected chi connectivity index (χ4v) is 5.86. The summed E-state index contributed by atoms with van der Waals surface area (Å²) in [6.07, 6.45) is 4.06. The Bertz CT molecular complexity index is 937. The first-order valence-electron chi connectivity index (χ1n) is 11.4. The molecule has 3 aliphatic rings. The number of piperidine rings is 1. The molecule has 2 amide bonds. The molecule has 9 nitrogen and oxygen atoms in total. The Morgan fingerprint density at radius 3 is 2.38 bits per heavy atom. The molecule has 1 aromatic carbocycles. The van der Waals surface area contributed by atoms with Crippen molar-refractivity contribution in [1.29, 1.82) is 0 Å². The van der Waals surface area contributed by atoms with Gasteiger partial charge in [0.05, 0.1) is 18.1 Å². The van der Waals surface area contributed by atoms with E-state index in [1.807, 2.05) is 4.90 Å². The molecule has 2 fully saturated rings. The largest absolute Gasteiger partial charge is 0.490 e. The molecule has 10 heteroatoms. The molecular weight excluding hydrogens is 434 g/mol. The lowest BCUT2D eigenvalue weighted by Gasteiger charge is -2.30. The maximum atomic E-state index is 13.1. The Morgan fingerprint density at radius 1 is 0.969 bits per heavy atom. The molecule has 4 rings (SSSR count). The molecule has 0 unspecified atom stereocenters. The third-order valence-electron chi connectivity index (χ3n) is 6.28. The van der Waals surface area contributed by atoms with Crippen LogP contribution in [-0.4, -0.2) is 75.4 Å². The minimum absolute atomic E-state index is 0.0823. The van der Waals surface area contributed by atoms with Gasteiger partial charge in [-0.15, -0.1) is 0 Å². The van der Waals surface area contributed by atoms with Crippen LogP contribution >= 0.6 is 0 Å². The van der Waals surface area contributed by atoms with Crippen molar-refractivity contribution in [3.63, 3.8) is 0 Å². The van der Waals surface area contributed by atoms with E-state index in [9.17, 15) is 18.0 Å². The van der Waals surface area contributed by atoms with Gasteiger partial charge in [0.15, 0.2) is 11.5 Å². The minimum Gasteiger partial charge on any atom is -0.490 e. The molecule has 0 bridgehead atoms. The predicted molar refractivity (Wildman–Crippen MR) is 117 cm³/mol. The summed E-state index contributed by atoms with van der Waals surface area (Å²) >= 11 is 0. The van der Waals surface area contributed by atoms with Crippen molar-refractivity contribution in [3.8, 4) is 11.5 Å². The van der Waals surface area contributed by atoms with Crippen LogP contribution in [0.3, 0.4) is 0 Å². The van der Waals surface area contributed by atoms with Crippen LogP contribution in [0.1, 0.15) is 38.5 Å². The van der Waals surface area contributed by atoms with Gasteiger partial charge < -0.3 is 19.7 Å². The molecule has 0 saturated carbocycles. The first kappa shape index (κ1) is 22.8. The summed E-state index contributed by atoms with van der Waals surface area (Å²) in [6.45, 7) is 3.53. The molecule has 3 aliphatic heterocycles. The highest BCUT2D eigenvalue weighted by Gasteiger charge is 2.33. The zero-order valence-electron chi connectivity index (χ0n) is 18.3. The molecular formula is C22H31N3O6S. The van der Waals surface area contributed by atoms with Crippen molar-refractivity contribution in [1.82, 2.24) is 14.5 Å². The number of rotatable bonds is 6. The van der Waals surface area contributed by atoms with Gasteiger partial charge in [0.25, 0.3) is 0 Å². The minimum atomic E-state index is -3.68. The maximum absolute atomic E-state index is 13.1. The summed E-state index contributed by atoms with van der Waals surface area (Å²) < 4.78 is 38.8. The zero-order chi connectivity index (χ0) is 22.6. The Kier molecular flexibility index (Phi) is 7.20. The van der Waals surface area contributed by atoms with Crippen LogP contribution in [0.25, 0.3) is 0 Å². The van der Waals surface area contributed by atoms with Gasteiger partial charge >= 0.3 is 0 Å². The van der Waals surface area contributed by atoms with Gasteiger partial charge in [-0.1, -0.05) is 0 Å². The third-order valence-corrected chi connectivity index (χ3v) is 8.17. The van der Waals surface area contributed by atoms with Crippen LogP contribution in [-0.2, 0) is 19.6 Å². The summed E-state index contributed by atoms with van der Waals surface area (Å²) in [5.74, 6) is 0.735. The van der Waals surface area contributed by atoms with E-state index in [0.717, 1.165) is 32.4 Å². The maximum Gasteiger partial charge on any atom is 0.243 e. The zero-order valence-corrected chi connectivity index (χ0v) is 19.1. The number of ether oxygens (including phenoxy) is 2. The topological polar surface area (TPSA) is 105 Å². The van der Waals surface area contributed by atoms with Gasteiger partial charge in [0.2, 0.25) is 21.8 Å². The van der Waals surface area contributed by atoms with Crippen molar-refractivity contribution in [2.75, 3.05) is 45.9 Å². The van der Waals surface area contributed by atoms with Gasteiger partial charge in [-0.05, 0) is 37.8 Å². The number of likely N-dealkylation sites (tertiary alicyclic amines) is 1. The van der Waals surface area contributed by atoms with Crippen LogP contribution in [0.2, 0.25) is 0 Å². The number of amides is 2. The van der Waals surface area contributed by atoms with E-state index < -0.39 is 10.0 Å². The van der Waals surface area contributed by atoms with Crippen LogP contribution in [0.4, 0.5) is 0 Å². The molecule has 0 spiro atoms. The normalized spacial score (nSPS) is 20.1. The number of nitrogens with one attached hydrogen (secondary N) is 1. The Morgan fingerprint density at radius 2 is 1.66 bits per heavy atom. The highest BCUT2D eigenvalue weighted by atomic mass is 32.2. The van der Waals surface area contributed by atoms with E-state index in [-0.39, 0.29) is 35.7 Å². The fourth-order valence-electron chi connectivity index (χ4n) is 4.37. The van der Waals surface area contributed by atoms with E-state index in [1.54, 1.807) is 12.1 Å². The van der Waals surface area contributed by atoms with E-state index in [1.165, 1.54) is 10.4 Å². The summed E-state index contributed by atoms with van der Waals surface area (Å²) in [5, 5.41) is 2.85. The van der Waals surface area contributed by atoms with Crippen molar-refractivity contribution < 1.29 is 27.5 Å². The van der Waals surface area contributed by atoms with E-state index in [2.05, 4.69) is 5.32 Å². The summed E-state index contributed by atoms with van der Waals surface area (Å²) in [7, 11) is -3.68. The van der Waals surface area contributed by atoms with Gasteiger partial charge in [-0.3, -0.25) is 9.59 Å². The molecule has 3 heterocycles. The fraction of sp³-hybridized carbons (Fsp3) is 0.636. The number of hydrogen-bond donors (Lipinski definition) is 1. The number of carbonyl (C=O) groups is 2. The van der Waals surface area contributed by atoms with Crippen molar-refractivity contribution in [2.45, 2.75) is 43.4 Å². The second-order valence-electron chi connectivity index (χ2n) is 8.47. The van der Waals surface area contributed by atoms with Crippen LogP contribution in [0.15, 0.2) is 23.1 Å². The average Bonchev–Trinajstić information content (AvgIpc) is 3.24. The number of carbonyl (C=O) groups excluding carboxylic acids is 2. The molecule has 0 radical (unpaired) electrons. The van der Waals surface area contributed by atoms with Gasteiger partial charge in [-0.2, -0.15) is 4.31 Å². The molecule has 0 atom stereocenters. The molecule has 0 aliphatic carbocycles. The van der Waals surface area contributed by atoms with Crippen molar-refractivity contribution in [2.24, 2.45) is 5.92 Å². The SMILES string of the molecule is O=C(NCCC(=O)N1CCCC1)C1CCN(S(=O)(=O)c2ccc3c(c2)OCCCO3)CC1. The van der Waals surface area contributed by atoms with Crippen LogP contribution < -0.4 is 14.8 Å². The van der Waals surface area contributed by atoms with E-state index in [0.29, 0.717) is 50.5 Å². The van der Waals surface area contributed by atoms with Gasteiger partial charge in [0.1, 0.15) is 0 Å². The highest BCUT2D eigenvalue weighted by molar-refractivity contribution is 7.89. The van der Waals surface area contributed by atoms with E-state index in [4.69, 9.17) is 9.47 Å². The summed E-state index contributed by atoms with van der Waals surface area (Å²) in [5.41, 5.74) is 0. The first-order chi connectivity index (χ1) is 15.4. The number of hydrogen-bond acceptors (Lipinski definition) is 6. The molecule has 1 N–H and O–H groups in total. The molecule has 1 aromatic rings. The highest BCUT2D eigenvalue weighted by Crippen LogP contribution is 2.33. The quantitative estimate of drug-likeness (QED) is 0.681. The lowest BCUT2D eigenvalue weighted by atomic mass is 9.97. The third kappa shape index (κ3) is 5.17. The molecule has 0 aromatic heterocycles.